The van der Waals surface area contributed by atoms with Crippen LogP contribution in [0.5, 0.6) is 0 Å². The van der Waals surface area contributed by atoms with E-state index in [2.05, 4.69) is 29.1 Å². The summed E-state index contributed by atoms with van der Waals surface area (Å²) in [6.07, 6.45) is 38.7. The number of unbranched alkanes of at least 4 members (excludes halogenated alkanes) is 23. The molecule has 0 rings (SSSR count). The molecule has 0 aliphatic carbocycles. The van der Waals surface area contributed by atoms with Gasteiger partial charge in [-0.25, -0.2) is 5.48 Å². The highest BCUT2D eigenvalue weighted by atomic mass is 35.5. The monoisotopic (exact) mass is 755 g/mol. The van der Waals surface area contributed by atoms with Crippen molar-refractivity contribution in [2.75, 3.05) is 52.4 Å². The third kappa shape index (κ3) is 47.0. The van der Waals surface area contributed by atoms with Crippen LogP contribution >= 0.6 is 49.6 Å². The van der Waals surface area contributed by atoms with Crippen LogP contribution in [0.3, 0.4) is 0 Å². The summed E-state index contributed by atoms with van der Waals surface area (Å²) in [5.41, 5.74) is 8.21. The molecule has 0 radical (unpaired) electrons. The second kappa shape index (κ2) is 51.3. The first-order chi connectivity index (χ1) is 21.3. The Bertz CT molecular complexity index is 512. The largest absolute Gasteiger partial charge is 0.330 e. The number of nitrogens with two attached hydrogens (primary N) is 1. The number of hydrogen-bond donors (Lipinski definition) is 3. The molecule has 0 unspecified atom stereocenters. The molecule has 0 fully saturated rings. The van der Waals surface area contributed by atoms with Gasteiger partial charge < -0.3 is 20.7 Å². The summed E-state index contributed by atoms with van der Waals surface area (Å²) in [6, 6.07) is 0. The normalized spacial score (nSPS) is 10.9. The smallest absolute Gasteiger partial charge is 0.0219 e. The van der Waals surface area contributed by atoms with Crippen LogP contribution in [0.4, 0.5) is 0 Å². The lowest BCUT2D eigenvalue weighted by molar-refractivity contribution is 0.156. The maximum atomic E-state index is 9.02. The van der Waals surface area contributed by atoms with E-state index in [1.165, 1.54) is 200 Å². The molecular formula is C38H86Cl4N4O. The molecular weight excluding hydrogens is 670 g/mol. The first kappa shape index (κ1) is 57.3. The molecule has 0 aromatic heterocycles. The van der Waals surface area contributed by atoms with Crippen molar-refractivity contribution in [1.29, 1.82) is 0 Å². The lowest BCUT2D eigenvalue weighted by atomic mass is 10.1. The molecule has 4 N–H and O–H groups in total. The predicted octanol–water partition coefficient (Wildman–Crippen LogP) is 12.2. The fourth-order valence-corrected chi connectivity index (χ4v) is 6.39. The van der Waals surface area contributed by atoms with Crippen LogP contribution in [-0.2, 0) is 0 Å². The third-order valence-corrected chi connectivity index (χ3v) is 9.30. The van der Waals surface area contributed by atoms with E-state index in [1.54, 1.807) is 0 Å². The zero-order valence-corrected chi connectivity index (χ0v) is 34.8. The Balaban J connectivity index is -0.00000147. The topological polar surface area (TPSA) is 64.8 Å². The molecule has 0 atom stereocenters. The van der Waals surface area contributed by atoms with Crippen LogP contribution in [0.2, 0.25) is 0 Å². The summed E-state index contributed by atoms with van der Waals surface area (Å²) in [4.78, 5) is 5.34. The number of halogens is 4. The van der Waals surface area contributed by atoms with E-state index in [-0.39, 0.29) is 49.6 Å². The van der Waals surface area contributed by atoms with Gasteiger partial charge in [0.15, 0.2) is 0 Å². The Kier molecular flexibility index (Phi) is 62.6. The summed E-state index contributed by atoms with van der Waals surface area (Å²) in [6.45, 7) is 13.3. The van der Waals surface area contributed by atoms with E-state index >= 15 is 0 Å². The van der Waals surface area contributed by atoms with Crippen LogP contribution in [0.15, 0.2) is 0 Å². The highest BCUT2D eigenvalue weighted by Crippen LogP contribution is 2.14. The van der Waals surface area contributed by atoms with Gasteiger partial charge in [-0.05, 0) is 84.3 Å². The standard InChI is InChI=1S/C38H82N4O.4ClH/c1-3-5-7-9-11-13-15-17-19-21-23-25-33-41(37-29-31-39)35-27-28-36-42(38-30-32-40-43)34-26-24-22-20-18-16-14-12-10-8-6-4-2;;;;/h40,43H,3-39H2,1-2H3;4*1H. The summed E-state index contributed by atoms with van der Waals surface area (Å²) in [7, 11) is 0. The van der Waals surface area contributed by atoms with E-state index in [9.17, 15) is 0 Å². The van der Waals surface area contributed by atoms with Gasteiger partial charge in [0, 0.05) is 6.54 Å². The number of nitrogens with zero attached hydrogens (tertiary/aromatic N) is 2. The fraction of sp³-hybridized carbons (Fsp3) is 1.00. The molecule has 0 heterocycles. The molecule has 0 aliphatic heterocycles. The zero-order chi connectivity index (χ0) is 31.3. The van der Waals surface area contributed by atoms with Gasteiger partial charge in [-0.15, -0.1) is 49.6 Å². The third-order valence-electron chi connectivity index (χ3n) is 9.30. The van der Waals surface area contributed by atoms with Crippen LogP contribution in [-0.4, -0.2) is 67.4 Å². The molecule has 0 bridgehead atoms. The minimum absolute atomic E-state index is 0. The Hall–Kier alpha value is 0.960. The van der Waals surface area contributed by atoms with E-state index in [1.807, 2.05) is 0 Å². The molecule has 47 heavy (non-hydrogen) atoms. The summed E-state index contributed by atoms with van der Waals surface area (Å²) in [5, 5.41) is 9.02. The van der Waals surface area contributed by atoms with E-state index < -0.39 is 0 Å². The molecule has 0 spiro atoms. The van der Waals surface area contributed by atoms with Gasteiger partial charge in [0.05, 0.1) is 0 Å². The van der Waals surface area contributed by atoms with Gasteiger partial charge in [0.2, 0.25) is 0 Å². The number of hydrogen-bond acceptors (Lipinski definition) is 5. The fourth-order valence-electron chi connectivity index (χ4n) is 6.39. The number of hydroxylamine groups is 1. The molecule has 0 aromatic carbocycles. The maximum absolute atomic E-state index is 9.02. The molecule has 5 nitrogen and oxygen atoms in total. The Morgan fingerprint density at radius 1 is 0.362 bits per heavy atom. The van der Waals surface area contributed by atoms with E-state index in [0.29, 0.717) is 6.54 Å². The lowest BCUT2D eigenvalue weighted by Gasteiger charge is -2.25. The molecule has 0 aromatic rings. The van der Waals surface area contributed by atoms with Crippen molar-refractivity contribution in [2.45, 2.75) is 194 Å². The first-order valence-corrected chi connectivity index (χ1v) is 19.8. The van der Waals surface area contributed by atoms with E-state index in [0.717, 1.165) is 25.9 Å². The van der Waals surface area contributed by atoms with Gasteiger partial charge in [-0.2, -0.15) is 0 Å². The quantitative estimate of drug-likeness (QED) is 0.0432. The van der Waals surface area contributed by atoms with Gasteiger partial charge in [0.25, 0.3) is 0 Å². The SMILES string of the molecule is CCCCCCCCCCCCCCN(CCCN)CCCCN(CCCCCCCCCCCCCC)CCCNO.Cl.Cl.Cl.Cl. The van der Waals surface area contributed by atoms with Gasteiger partial charge in [-0.3, -0.25) is 0 Å². The summed E-state index contributed by atoms with van der Waals surface area (Å²) in [5.74, 6) is 0. The average molecular weight is 757 g/mol. The summed E-state index contributed by atoms with van der Waals surface area (Å²) < 4.78 is 0. The number of rotatable bonds is 38. The van der Waals surface area contributed by atoms with Crippen LogP contribution in [0, 0.1) is 0 Å². The zero-order valence-electron chi connectivity index (χ0n) is 31.5. The molecule has 9 heteroatoms. The van der Waals surface area contributed by atoms with Crippen molar-refractivity contribution in [3.05, 3.63) is 0 Å². The van der Waals surface area contributed by atoms with Crippen molar-refractivity contribution in [3.8, 4) is 0 Å². The molecule has 0 saturated carbocycles. The van der Waals surface area contributed by atoms with Crippen molar-refractivity contribution in [1.82, 2.24) is 15.3 Å². The van der Waals surface area contributed by atoms with Gasteiger partial charge in [0.1, 0.15) is 0 Å². The Morgan fingerprint density at radius 3 is 0.872 bits per heavy atom. The van der Waals surface area contributed by atoms with Crippen molar-refractivity contribution in [3.63, 3.8) is 0 Å². The highest BCUT2D eigenvalue weighted by Gasteiger charge is 2.08. The minimum atomic E-state index is 0. The number of nitrogens with one attached hydrogen (secondary N) is 1. The van der Waals surface area contributed by atoms with Crippen LogP contribution < -0.4 is 11.2 Å². The predicted molar refractivity (Wildman–Crippen MR) is 221 cm³/mol. The van der Waals surface area contributed by atoms with Crippen molar-refractivity contribution >= 4 is 49.6 Å². The van der Waals surface area contributed by atoms with Crippen molar-refractivity contribution < 1.29 is 5.21 Å². The van der Waals surface area contributed by atoms with E-state index in [4.69, 9.17) is 10.9 Å². The molecule has 292 valence electrons. The minimum Gasteiger partial charge on any atom is -0.330 e. The summed E-state index contributed by atoms with van der Waals surface area (Å²) >= 11 is 0. The second-order valence-corrected chi connectivity index (χ2v) is 13.6. The average Bonchev–Trinajstić information content (AvgIpc) is 3.02. The molecule has 0 saturated heterocycles. The highest BCUT2D eigenvalue weighted by molar-refractivity contribution is 5.86. The lowest BCUT2D eigenvalue weighted by Crippen LogP contribution is -2.31. The van der Waals surface area contributed by atoms with Crippen LogP contribution in [0.25, 0.3) is 0 Å². The van der Waals surface area contributed by atoms with Gasteiger partial charge >= 0.3 is 0 Å². The maximum Gasteiger partial charge on any atom is 0.0219 e. The van der Waals surface area contributed by atoms with Crippen LogP contribution in [0.1, 0.15) is 194 Å². The molecule has 0 amide bonds. The van der Waals surface area contributed by atoms with Gasteiger partial charge in [-0.1, -0.05) is 155 Å². The Labute approximate surface area is 320 Å². The Morgan fingerprint density at radius 2 is 0.596 bits per heavy atom. The molecule has 0 aliphatic rings. The second-order valence-electron chi connectivity index (χ2n) is 13.6. The van der Waals surface area contributed by atoms with Crippen molar-refractivity contribution in [2.24, 2.45) is 5.73 Å². The first-order valence-electron chi connectivity index (χ1n) is 19.8.